The fraction of sp³-hybridized carbons (Fsp3) is 0.174. The summed E-state index contributed by atoms with van der Waals surface area (Å²) in [4.78, 5) is 13.0. The van der Waals surface area contributed by atoms with Crippen molar-refractivity contribution in [1.29, 1.82) is 0 Å². The van der Waals surface area contributed by atoms with Crippen molar-refractivity contribution in [1.82, 2.24) is 5.32 Å². The Kier molecular flexibility index (Phi) is 5.77. The van der Waals surface area contributed by atoms with Crippen LogP contribution >= 0.6 is 0 Å². The van der Waals surface area contributed by atoms with Gasteiger partial charge in [-0.15, -0.1) is 0 Å². The lowest BCUT2D eigenvalue weighted by molar-refractivity contribution is 0.0940. The minimum absolute atomic E-state index is 0.205. The lowest BCUT2D eigenvalue weighted by Gasteiger charge is -2.21. The van der Waals surface area contributed by atoms with Crippen molar-refractivity contribution in [3.63, 3.8) is 0 Å². The van der Waals surface area contributed by atoms with Gasteiger partial charge < -0.3 is 14.8 Å². The number of amides is 1. The molecule has 0 aromatic heterocycles. The van der Waals surface area contributed by atoms with E-state index >= 15 is 0 Å². The molecule has 0 fully saturated rings. The van der Waals surface area contributed by atoms with Crippen molar-refractivity contribution in [3.05, 3.63) is 95.1 Å². The summed E-state index contributed by atoms with van der Waals surface area (Å²) in [5.74, 6) is 0.910. The molecule has 0 aliphatic carbocycles. The Morgan fingerprint density at radius 1 is 0.852 bits per heavy atom. The first-order chi connectivity index (χ1) is 13.1. The number of nitrogens with one attached hydrogen (secondary N) is 1. The second kappa shape index (κ2) is 8.41. The zero-order valence-corrected chi connectivity index (χ0v) is 15.7. The second-order valence-electron chi connectivity index (χ2n) is 6.29. The Morgan fingerprint density at radius 3 is 2.15 bits per heavy atom. The van der Waals surface area contributed by atoms with E-state index in [-0.39, 0.29) is 11.9 Å². The van der Waals surface area contributed by atoms with Gasteiger partial charge in [0, 0.05) is 6.07 Å². The molecule has 3 rings (SSSR count). The second-order valence-corrected chi connectivity index (χ2v) is 6.29. The molecule has 4 nitrogen and oxygen atoms in total. The van der Waals surface area contributed by atoms with E-state index in [2.05, 4.69) is 5.32 Å². The predicted molar refractivity (Wildman–Crippen MR) is 106 cm³/mol. The van der Waals surface area contributed by atoms with Crippen LogP contribution in [0.25, 0.3) is 0 Å². The van der Waals surface area contributed by atoms with Crippen LogP contribution in [0.15, 0.2) is 72.8 Å². The first-order valence-electron chi connectivity index (χ1n) is 8.76. The van der Waals surface area contributed by atoms with Gasteiger partial charge >= 0.3 is 0 Å². The molecular weight excluding hydrogens is 338 g/mol. The first-order valence-corrected chi connectivity index (χ1v) is 8.76. The molecule has 0 aliphatic heterocycles. The molecule has 0 bridgehead atoms. The fourth-order valence-electron chi connectivity index (χ4n) is 2.96. The maximum Gasteiger partial charge on any atom is 0.255 e. The molecule has 0 aliphatic rings. The number of carbonyl (C=O) groups excluding carboxylic acids is 1. The van der Waals surface area contributed by atoms with Crippen LogP contribution in [-0.4, -0.2) is 20.1 Å². The minimum atomic E-state index is -0.258. The maximum atomic E-state index is 13.0. The first kappa shape index (κ1) is 18.5. The molecule has 1 amide bonds. The number of benzene rings is 3. The Labute approximate surface area is 159 Å². The summed E-state index contributed by atoms with van der Waals surface area (Å²) in [5.41, 5.74) is 3.68. The zero-order chi connectivity index (χ0) is 19.2. The Balaban J connectivity index is 1.95. The van der Waals surface area contributed by atoms with Gasteiger partial charge in [-0.1, -0.05) is 60.2 Å². The van der Waals surface area contributed by atoms with Crippen molar-refractivity contribution < 1.29 is 14.3 Å². The highest BCUT2D eigenvalue weighted by atomic mass is 16.5. The van der Waals surface area contributed by atoms with Crippen LogP contribution in [0, 0.1) is 6.92 Å². The Bertz CT molecular complexity index is 905. The molecule has 3 aromatic rings. The summed E-state index contributed by atoms with van der Waals surface area (Å²) >= 11 is 0. The van der Waals surface area contributed by atoms with E-state index < -0.39 is 0 Å². The van der Waals surface area contributed by atoms with Crippen LogP contribution in [0.3, 0.4) is 0 Å². The third kappa shape index (κ3) is 4.29. The molecule has 1 unspecified atom stereocenters. The van der Waals surface area contributed by atoms with Crippen molar-refractivity contribution in [2.45, 2.75) is 13.0 Å². The third-order valence-corrected chi connectivity index (χ3v) is 4.47. The quantitative estimate of drug-likeness (QED) is 0.702. The highest BCUT2D eigenvalue weighted by molar-refractivity contribution is 5.97. The van der Waals surface area contributed by atoms with Gasteiger partial charge in [-0.3, -0.25) is 4.79 Å². The lowest BCUT2D eigenvalue weighted by atomic mass is 9.97. The monoisotopic (exact) mass is 361 g/mol. The number of ether oxygens (including phenoxy) is 2. The average Bonchev–Trinajstić information content (AvgIpc) is 2.72. The zero-order valence-electron chi connectivity index (χ0n) is 15.7. The molecule has 1 N–H and O–H groups in total. The van der Waals surface area contributed by atoms with Crippen LogP contribution < -0.4 is 14.8 Å². The normalized spacial score (nSPS) is 11.5. The third-order valence-electron chi connectivity index (χ3n) is 4.47. The number of carbonyl (C=O) groups is 1. The van der Waals surface area contributed by atoms with Gasteiger partial charge in [-0.05, 0) is 30.2 Å². The summed E-state index contributed by atoms with van der Waals surface area (Å²) in [7, 11) is 3.12. The van der Waals surface area contributed by atoms with Gasteiger partial charge in [0.25, 0.3) is 5.91 Å². The largest absolute Gasteiger partial charge is 0.497 e. The number of rotatable bonds is 6. The number of methoxy groups -OCH3 is 2. The minimum Gasteiger partial charge on any atom is -0.497 e. The fourth-order valence-corrected chi connectivity index (χ4v) is 2.96. The highest BCUT2D eigenvalue weighted by Crippen LogP contribution is 2.27. The molecule has 0 radical (unpaired) electrons. The SMILES string of the molecule is COc1ccc(C(=O)NC(c2ccccc2)c2ccc(C)cc2)c(OC)c1. The van der Waals surface area contributed by atoms with Gasteiger partial charge in [0.05, 0.1) is 25.8 Å². The Morgan fingerprint density at radius 2 is 1.52 bits per heavy atom. The molecule has 0 spiro atoms. The maximum absolute atomic E-state index is 13.0. The molecule has 0 saturated heterocycles. The summed E-state index contributed by atoms with van der Waals surface area (Å²) in [6.45, 7) is 2.04. The summed E-state index contributed by atoms with van der Waals surface area (Å²) in [5, 5.41) is 3.14. The number of hydrogen-bond acceptors (Lipinski definition) is 3. The van der Waals surface area contributed by atoms with Crippen LogP contribution in [0.4, 0.5) is 0 Å². The van der Waals surface area contributed by atoms with E-state index in [9.17, 15) is 4.79 Å². The van der Waals surface area contributed by atoms with Crippen molar-refractivity contribution in [2.24, 2.45) is 0 Å². The number of hydrogen-bond donors (Lipinski definition) is 1. The van der Waals surface area contributed by atoms with Crippen LogP contribution in [0.1, 0.15) is 33.1 Å². The molecule has 3 aromatic carbocycles. The van der Waals surface area contributed by atoms with Crippen LogP contribution in [0.2, 0.25) is 0 Å². The van der Waals surface area contributed by atoms with Crippen molar-refractivity contribution in [3.8, 4) is 11.5 Å². The highest BCUT2D eigenvalue weighted by Gasteiger charge is 2.20. The van der Waals surface area contributed by atoms with E-state index in [1.807, 2.05) is 61.5 Å². The van der Waals surface area contributed by atoms with E-state index in [0.29, 0.717) is 17.1 Å². The predicted octanol–water partition coefficient (Wildman–Crippen LogP) is 4.53. The van der Waals surface area contributed by atoms with Gasteiger partial charge in [0.1, 0.15) is 11.5 Å². The summed E-state index contributed by atoms with van der Waals surface area (Å²) in [6, 6.07) is 23.0. The summed E-state index contributed by atoms with van der Waals surface area (Å²) < 4.78 is 10.6. The molecule has 0 heterocycles. The molecular formula is C23H23NO3. The van der Waals surface area contributed by atoms with Crippen LogP contribution in [-0.2, 0) is 0 Å². The molecule has 4 heteroatoms. The van der Waals surface area contributed by atoms with E-state index in [1.54, 1.807) is 32.4 Å². The van der Waals surface area contributed by atoms with Crippen molar-refractivity contribution >= 4 is 5.91 Å². The molecule has 27 heavy (non-hydrogen) atoms. The molecule has 138 valence electrons. The van der Waals surface area contributed by atoms with E-state index in [1.165, 1.54) is 5.56 Å². The van der Waals surface area contributed by atoms with Gasteiger partial charge in [-0.2, -0.15) is 0 Å². The van der Waals surface area contributed by atoms with Crippen LogP contribution in [0.5, 0.6) is 11.5 Å². The van der Waals surface area contributed by atoms with Gasteiger partial charge in [0.15, 0.2) is 0 Å². The van der Waals surface area contributed by atoms with Crippen molar-refractivity contribution in [2.75, 3.05) is 14.2 Å². The van der Waals surface area contributed by atoms with Gasteiger partial charge in [-0.25, -0.2) is 0 Å². The van der Waals surface area contributed by atoms with Gasteiger partial charge in [0.2, 0.25) is 0 Å². The molecule has 0 saturated carbocycles. The Hall–Kier alpha value is -3.27. The lowest BCUT2D eigenvalue weighted by Crippen LogP contribution is -2.29. The number of aryl methyl sites for hydroxylation is 1. The standard InChI is InChI=1S/C23H23NO3/c1-16-9-11-18(12-10-16)22(17-7-5-4-6-8-17)24-23(25)20-14-13-19(26-2)15-21(20)27-3/h4-15,22H,1-3H3,(H,24,25). The summed E-state index contributed by atoms with van der Waals surface area (Å²) in [6.07, 6.45) is 0. The smallest absolute Gasteiger partial charge is 0.255 e. The molecule has 1 atom stereocenters. The average molecular weight is 361 g/mol. The van der Waals surface area contributed by atoms with E-state index in [4.69, 9.17) is 9.47 Å². The topological polar surface area (TPSA) is 47.6 Å². The van der Waals surface area contributed by atoms with E-state index in [0.717, 1.165) is 11.1 Å².